The molecule has 0 aliphatic heterocycles. The molecule has 4 heteroatoms. The molecule has 4 rings (SSSR count). The molecule has 3 nitrogen and oxygen atoms in total. The lowest BCUT2D eigenvalue weighted by atomic mass is 10.1. The maximum Gasteiger partial charge on any atom is 0.227 e. The van der Waals surface area contributed by atoms with Gasteiger partial charge in [0, 0.05) is 22.3 Å². The number of nitrogens with zero attached hydrogens (tertiary/aromatic N) is 1. The summed E-state index contributed by atoms with van der Waals surface area (Å²) in [5, 5.41) is 0.637. The van der Waals surface area contributed by atoms with E-state index in [4.69, 9.17) is 21.8 Å². The minimum Gasteiger partial charge on any atom is -0.436 e. The molecular weight excluding hydrogens is 332 g/mol. The van der Waals surface area contributed by atoms with E-state index in [9.17, 15) is 0 Å². The fourth-order valence-corrected chi connectivity index (χ4v) is 2.72. The third-order valence-electron chi connectivity index (χ3n) is 3.91. The smallest absolute Gasteiger partial charge is 0.227 e. The van der Waals surface area contributed by atoms with Crippen LogP contribution in [0, 0.1) is 0 Å². The first-order chi connectivity index (χ1) is 12.2. The molecule has 0 aliphatic carbocycles. The zero-order valence-corrected chi connectivity index (χ0v) is 14.1. The lowest BCUT2D eigenvalue weighted by molar-refractivity contribution is 0.620. The second-order valence-corrected chi connectivity index (χ2v) is 6.19. The highest BCUT2D eigenvalue weighted by atomic mass is 35.5. The van der Waals surface area contributed by atoms with Crippen LogP contribution in [0.5, 0.6) is 0 Å². The van der Waals surface area contributed by atoms with Gasteiger partial charge in [-0.3, -0.25) is 0 Å². The van der Waals surface area contributed by atoms with Gasteiger partial charge in [0.15, 0.2) is 5.58 Å². The Labute approximate surface area is 150 Å². The van der Waals surface area contributed by atoms with Crippen LogP contribution in [0.1, 0.15) is 11.1 Å². The number of nitrogens with two attached hydrogens (primary N) is 1. The van der Waals surface area contributed by atoms with Gasteiger partial charge in [-0.1, -0.05) is 48.0 Å². The van der Waals surface area contributed by atoms with Crippen molar-refractivity contribution in [3.63, 3.8) is 0 Å². The van der Waals surface area contributed by atoms with Crippen LogP contribution in [0.4, 0.5) is 5.69 Å². The average molecular weight is 347 g/mol. The molecule has 4 aromatic rings. The summed E-state index contributed by atoms with van der Waals surface area (Å²) in [6.07, 6.45) is 4.11. The predicted octanol–water partition coefficient (Wildman–Crippen LogP) is 5.90. The quantitative estimate of drug-likeness (QED) is 0.371. The molecule has 1 heterocycles. The van der Waals surface area contributed by atoms with E-state index in [1.54, 1.807) is 12.1 Å². The highest BCUT2D eigenvalue weighted by molar-refractivity contribution is 6.31. The van der Waals surface area contributed by atoms with Crippen molar-refractivity contribution in [3.05, 3.63) is 82.9 Å². The second kappa shape index (κ2) is 6.46. The summed E-state index contributed by atoms with van der Waals surface area (Å²) in [5.74, 6) is 0.589. The molecule has 0 aliphatic rings. The van der Waals surface area contributed by atoms with Crippen LogP contribution >= 0.6 is 11.6 Å². The molecule has 0 saturated heterocycles. The molecule has 0 fully saturated rings. The lowest BCUT2D eigenvalue weighted by Gasteiger charge is -1.98. The predicted molar refractivity (Wildman–Crippen MR) is 104 cm³/mol. The zero-order chi connectivity index (χ0) is 17.2. The van der Waals surface area contributed by atoms with Crippen molar-refractivity contribution in [1.82, 2.24) is 4.98 Å². The molecule has 0 amide bonds. The van der Waals surface area contributed by atoms with Gasteiger partial charge in [0.1, 0.15) is 5.52 Å². The Morgan fingerprint density at radius 2 is 1.48 bits per heavy atom. The first-order valence-electron chi connectivity index (χ1n) is 7.87. The number of aromatic nitrogens is 1. The van der Waals surface area contributed by atoms with Crippen molar-refractivity contribution in [3.8, 4) is 11.5 Å². The second-order valence-electron chi connectivity index (χ2n) is 5.75. The van der Waals surface area contributed by atoms with Gasteiger partial charge < -0.3 is 10.2 Å². The molecule has 122 valence electrons. The van der Waals surface area contributed by atoms with Crippen molar-refractivity contribution < 1.29 is 4.42 Å². The van der Waals surface area contributed by atoms with Gasteiger partial charge in [-0.15, -0.1) is 0 Å². The van der Waals surface area contributed by atoms with Crippen molar-refractivity contribution in [2.75, 3.05) is 5.73 Å². The summed E-state index contributed by atoms with van der Waals surface area (Å²) in [5.41, 5.74) is 11.1. The number of hydrogen-bond donors (Lipinski definition) is 1. The maximum absolute atomic E-state index is 5.99. The summed E-state index contributed by atoms with van der Waals surface area (Å²) in [6.45, 7) is 0. The third kappa shape index (κ3) is 3.42. The van der Waals surface area contributed by atoms with Crippen LogP contribution in [-0.2, 0) is 0 Å². The molecule has 0 unspecified atom stereocenters. The number of oxazole rings is 1. The maximum atomic E-state index is 5.99. The van der Waals surface area contributed by atoms with Gasteiger partial charge in [0.2, 0.25) is 5.89 Å². The first kappa shape index (κ1) is 15.5. The number of rotatable bonds is 3. The number of hydrogen-bond acceptors (Lipinski definition) is 3. The van der Waals surface area contributed by atoms with E-state index >= 15 is 0 Å². The minimum absolute atomic E-state index is 0.589. The molecule has 2 N–H and O–H groups in total. The molecule has 0 atom stereocenters. The topological polar surface area (TPSA) is 52.0 Å². The summed E-state index contributed by atoms with van der Waals surface area (Å²) in [7, 11) is 0. The fourth-order valence-electron chi connectivity index (χ4n) is 2.56. The molecule has 1 aromatic heterocycles. The van der Waals surface area contributed by atoms with Crippen LogP contribution in [0.15, 0.2) is 71.1 Å². The van der Waals surface area contributed by atoms with E-state index in [0.29, 0.717) is 16.5 Å². The highest BCUT2D eigenvalue weighted by Crippen LogP contribution is 2.26. The first-order valence-corrected chi connectivity index (χ1v) is 8.25. The van der Waals surface area contributed by atoms with Gasteiger partial charge in [-0.2, -0.15) is 0 Å². The Balaban J connectivity index is 1.57. The van der Waals surface area contributed by atoms with E-state index in [1.165, 1.54) is 0 Å². The molecule has 0 radical (unpaired) electrons. The van der Waals surface area contributed by atoms with Crippen molar-refractivity contribution >= 4 is 40.5 Å². The summed E-state index contributed by atoms with van der Waals surface area (Å²) < 4.78 is 5.79. The van der Waals surface area contributed by atoms with Crippen molar-refractivity contribution in [2.45, 2.75) is 0 Å². The Hall–Kier alpha value is -3.04. The Morgan fingerprint density at radius 3 is 2.16 bits per heavy atom. The van der Waals surface area contributed by atoms with E-state index in [1.807, 2.05) is 54.6 Å². The van der Waals surface area contributed by atoms with Crippen LogP contribution < -0.4 is 5.73 Å². The average Bonchev–Trinajstić information content (AvgIpc) is 3.05. The molecule has 0 spiro atoms. The summed E-state index contributed by atoms with van der Waals surface area (Å²) in [6, 6.07) is 21.3. The van der Waals surface area contributed by atoms with Gasteiger partial charge in [0.05, 0.1) is 0 Å². The van der Waals surface area contributed by atoms with Crippen LogP contribution in [0.3, 0.4) is 0 Å². The van der Waals surface area contributed by atoms with E-state index in [-0.39, 0.29) is 0 Å². The number of nitrogen functional groups attached to an aromatic ring is 1. The Bertz CT molecular complexity index is 1050. The van der Waals surface area contributed by atoms with Crippen LogP contribution in [0.25, 0.3) is 34.7 Å². The molecule has 0 saturated carbocycles. The van der Waals surface area contributed by atoms with E-state index in [2.05, 4.69) is 17.1 Å². The van der Waals surface area contributed by atoms with Crippen LogP contribution in [0.2, 0.25) is 5.02 Å². The Kier molecular flexibility index (Phi) is 4.00. The van der Waals surface area contributed by atoms with Gasteiger partial charge >= 0.3 is 0 Å². The molecule has 25 heavy (non-hydrogen) atoms. The summed E-state index contributed by atoms with van der Waals surface area (Å²) >= 11 is 5.99. The Morgan fingerprint density at radius 1 is 0.840 bits per heavy atom. The third-order valence-corrected chi connectivity index (χ3v) is 4.15. The summed E-state index contributed by atoms with van der Waals surface area (Å²) in [4.78, 5) is 4.50. The molecule has 0 bridgehead atoms. The number of halogens is 1. The zero-order valence-electron chi connectivity index (χ0n) is 13.3. The standard InChI is InChI=1S/C21H15ClN2O/c22-17-9-12-19-20(13-17)25-21(24-19)16-7-3-14(4-8-16)1-2-15-5-10-18(23)11-6-15/h1-13H,23H2/b2-1+. The number of anilines is 1. The fraction of sp³-hybridized carbons (Fsp3) is 0. The van der Waals surface area contributed by atoms with Crippen molar-refractivity contribution in [1.29, 1.82) is 0 Å². The SMILES string of the molecule is Nc1ccc(/C=C/c2ccc(-c3nc4ccc(Cl)cc4o3)cc2)cc1. The van der Waals surface area contributed by atoms with Gasteiger partial charge in [-0.25, -0.2) is 4.98 Å². The van der Waals surface area contributed by atoms with Crippen LogP contribution in [-0.4, -0.2) is 4.98 Å². The van der Waals surface area contributed by atoms with E-state index < -0.39 is 0 Å². The van der Waals surface area contributed by atoms with Gasteiger partial charge in [0.25, 0.3) is 0 Å². The highest BCUT2D eigenvalue weighted by Gasteiger charge is 2.08. The monoisotopic (exact) mass is 346 g/mol. The number of fused-ring (bicyclic) bond motifs is 1. The molecule has 3 aromatic carbocycles. The normalized spacial score (nSPS) is 11.4. The van der Waals surface area contributed by atoms with Crippen molar-refractivity contribution in [2.24, 2.45) is 0 Å². The largest absolute Gasteiger partial charge is 0.436 e. The lowest BCUT2D eigenvalue weighted by Crippen LogP contribution is -1.82. The molecular formula is C21H15ClN2O. The van der Waals surface area contributed by atoms with E-state index in [0.717, 1.165) is 27.9 Å². The number of benzene rings is 3. The van der Waals surface area contributed by atoms with Gasteiger partial charge in [-0.05, 0) is 47.5 Å². The minimum atomic E-state index is 0.589.